The van der Waals surface area contributed by atoms with Crippen molar-refractivity contribution in [2.45, 2.75) is 6.92 Å². The van der Waals surface area contributed by atoms with Gasteiger partial charge in [-0.3, -0.25) is 5.41 Å². The molecule has 0 spiro atoms. The summed E-state index contributed by atoms with van der Waals surface area (Å²) in [6.45, 7) is 1.50. The molecule has 2 aromatic rings. The molecule has 0 saturated carbocycles. The number of nitrogens with one attached hydrogen (secondary N) is 1. The van der Waals surface area contributed by atoms with Crippen molar-refractivity contribution in [1.82, 2.24) is 0 Å². The number of carbonyl (C=O) groups is 2. The van der Waals surface area contributed by atoms with Gasteiger partial charge in [-0.1, -0.05) is 12.1 Å². The predicted molar refractivity (Wildman–Crippen MR) is 97.4 cm³/mol. The van der Waals surface area contributed by atoms with Gasteiger partial charge >= 0.3 is 11.9 Å². The van der Waals surface area contributed by atoms with E-state index in [9.17, 15) is 9.59 Å². The summed E-state index contributed by atoms with van der Waals surface area (Å²) >= 11 is 0. The van der Waals surface area contributed by atoms with Crippen molar-refractivity contribution in [2.24, 2.45) is 5.73 Å². The van der Waals surface area contributed by atoms with Crippen LogP contribution >= 0.6 is 12.4 Å². The van der Waals surface area contributed by atoms with Crippen LogP contribution < -0.4 is 10.5 Å². The monoisotopic (exact) mass is 360 g/mol. The third-order valence-corrected chi connectivity index (χ3v) is 3.24. The van der Waals surface area contributed by atoms with Crippen molar-refractivity contribution in [3.8, 4) is 5.75 Å². The van der Waals surface area contributed by atoms with Crippen LogP contribution in [0.2, 0.25) is 0 Å². The van der Waals surface area contributed by atoms with E-state index in [0.717, 1.165) is 0 Å². The Balaban J connectivity index is 0.00000312. The lowest BCUT2D eigenvalue weighted by molar-refractivity contribution is -0.132. The van der Waals surface area contributed by atoms with E-state index in [0.29, 0.717) is 22.4 Å². The maximum atomic E-state index is 12.1. The highest BCUT2D eigenvalue weighted by molar-refractivity contribution is 5.95. The average molecular weight is 361 g/mol. The molecule has 0 aliphatic heterocycles. The van der Waals surface area contributed by atoms with Gasteiger partial charge in [-0.15, -0.1) is 12.4 Å². The summed E-state index contributed by atoms with van der Waals surface area (Å²) in [5.41, 5.74) is 7.12. The van der Waals surface area contributed by atoms with Crippen LogP contribution in [0.1, 0.15) is 28.4 Å². The molecule has 6 nitrogen and oxygen atoms in total. The molecule has 0 fully saturated rings. The zero-order valence-electron chi connectivity index (χ0n) is 13.4. The lowest BCUT2D eigenvalue weighted by atomic mass is 10.1. The highest BCUT2D eigenvalue weighted by Gasteiger charge is 2.09. The molecule has 0 aliphatic carbocycles. The van der Waals surface area contributed by atoms with E-state index < -0.39 is 11.9 Å². The number of carboxylic acids is 1. The molecule has 0 heterocycles. The van der Waals surface area contributed by atoms with Crippen molar-refractivity contribution < 1.29 is 19.4 Å². The van der Waals surface area contributed by atoms with Crippen LogP contribution in [0.25, 0.3) is 6.08 Å². The highest BCUT2D eigenvalue weighted by Crippen LogP contribution is 2.15. The van der Waals surface area contributed by atoms with Gasteiger partial charge in [-0.2, -0.15) is 0 Å². The fraction of sp³-hybridized carbons (Fsp3) is 0.0556. The summed E-state index contributed by atoms with van der Waals surface area (Å²) in [6.07, 6.45) is 1.51. The third-order valence-electron chi connectivity index (χ3n) is 3.24. The number of esters is 1. The normalized spacial score (nSPS) is 10.5. The zero-order chi connectivity index (χ0) is 17.7. The fourth-order valence-electron chi connectivity index (χ4n) is 1.90. The van der Waals surface area contributed by atoms with E-state index in [4.69, 9.17) is 21.0 Å². The van der Waals surface area contributed by atoms with Crippen molar-refractivity contribution in [3.63, 3.8) is 0 Å². The molecule has 130 valence electrons. The first-order valence-corrected chi connectivity index (χ1v) is 7.05. The number of rotatable bonds is 5. The Morgan fingerprint density at radius 2 is 1.56 bits per heavy atom. The minimum atomic E-state index is -0.993. The van der Waals surface area contributed by atoms with Crippen LogP contribution in [0, 0.1) is 5.41 Å². The van der Waals surface area contributed by atoms with Gasteiger partial charge in [0.05, 0.1) is 5.56 Å². The lowest BCUT2D eigenvalue weighted by Crippen LogP contribution is -2.11. The number of nitrogen functional groups attached to an aromatic ring is 1. The minimum absolute atomic E-state index is 0. The maximum absolute atomic E-state index is 12.1. The highest BCUT2D eigenvalue weighted by atomic mass is 35.5. The number of hydrogen-bond acceptors (Lipinski definition) is 4. The molecule has 2 aromatic carbocycles. The smallest absolute Gasteiger partial charge is 0.343 e. The molecule has 7 heteroatoms. The first-order chi connectivity index (χ1) is 11.4. The summed E-state index contributed by atoms with van der Waals surface area (Å²) in [4.78, 5) is 22.9. The molecular weight excluding hydrogens is 344 g/mol. The van der Waals surface area contributed by atoms with E-state index in [1.54, 1.807) is 48.5 Å². The predicted octanol–water partition coefficient (Wildman–Crippen LogP) is 3.10. The number of hydrogen-bond donors (Lipinski definition) is 3. The topological polar surface area (TPSA) is 113 Å². The number of carbonyl (C=O) groups excluding carboxylic acids is 1. The number of benzene rings is 2. The summed E-state index contributed by atoms with van der Waals surface area (Å²) in [5, 5.41) is 16.1. The first kappa shape index (κ1) is 19.9. The largest absolute Gasteiger partial charge is 0.478 e. The summed E-state index contributed by atoms with van der Waals surface area (Å²) in [6, 6.07) is 12.7. The Kier molecular flexibility index (Phi) is 6.90. The second-order valence-electron chi connectivity index (χ2n) is 5.08. The Bertz CT molecular complexity index is 812. The molecular formula is C18H17ClN2O4. The summed E-state index contributed by atoms with van der Waals surface area (Å²) < 4.78 is 5.23. The third kappa shape index (κ3) is 5.47. The van der Waals surface area contributed by atoms with E-state index in [-0.39, 0.29) is 23.8 Å². The molecule has 0 radical (unpaired) electrons. The second kappa shape index (κ2) is 8.65. The first-order valence-electron chi connectivity index (χ1n) is 7.05. The molecule has 4 N–H and O–H groups in total. The Labute approximate surface area is 150 Å². The van der Waals surface area contributed by atoms with E-state index in [2.05, 4.69) is 0 Å². The van der Waals surface area contributed by atoms with Gasteiger partial charge in [0.2, 0.25) is 0 Å². The SMILES string of the molecule is C/C(=C\c1ccc(C(=O)Oc2ccc(C(=N)N)cc2)cc1)C(=O)O.Cl. The fourth-order valence-corrected chi connectivity index (χ4v) is 1.90. The van der Waals surface area contributed by atoms with Gasteiger partial charge < -0.3 is 15.6 Å². The van der Waals surface area contributed by atoms with Crippen molar-refractivity contribution in [2.75, 3.05) is 0 Å². The van der Waals surface area contributed by atoms with E-state index in [1.165, 1.54) is 13.0 Å². The molecule has 0 aliphatic rings. The molecule has 25 heavy (non-hydrogen) atoms. The number of ether oxygens (including phenoxy) is 1. The minimum Gasteiger partial charge on any atom is -0.478 e. The number of halogens is 1. The maximum Gasteiger partial charge on any atom is 0.343 e. The average Bonchev–Trinajstić information content (AvgIpc) is 2.55. The van der Waals surface area contributed by atoms with E-state index in [1.807, 2.05) is 0 Å². The Hall–Kier alpha value is -3.12. The Morgan fingerprint density at radius 1 is 1.04 bits per heavy atom. The molecule has 0 amide bonds. The van der Waals surface area contributed by atoms with Gasteiger partial charge in [0, 0.05) is 11.1 Å². The van der Waals surface area contributed by atoms with Crippen molar-refractivity contribution in [1.29, 1.82) is 5.41 Å². The van der Waals surface area contributed by atoms with Crippen molar-refractivity contribution in [3.05, 3.63) is 70.8 Å². The van der Waals surface area contributed by atoms with Crippen LogP contribution in [0.4, 0.5) is 0 Å². The van der Waals surface area contributed by atoms with Crippen LogP contribution in [-0.2, 0) is 4.79 Å². The quantitative estimate of drug-likeness (QED) is 0.249. The van der Waals surface area contributed by atoms with Crippen LogP contribution in [0.15, 0.2) is 54.1 Å². The van der Waals surface area contributed by atoms with Crippen LogP contribution in [0.3, 0.4) is 0 Å². The molecule has 0 aromatic heterocycles. The lowest BCUT2D eigenvalue weighted by Gasteiger charge is -2.06. The zero-order valence-corrected chi connectivity index (χ0v) is 14.2. The van der Waals surface area contributed by atoms with Gasteiger partial charge in [-0.25, -0.2) is 9.59 Å². The molecule has 0 atom stereocenters. The van der Waals surface area contributed by atoms with Gasteiger partial charge in [0.15, 0.2) is 0 Å². The number of aliphatic carboxylic acids is 1. The number of carboxylic acid groups (broad SMARTS) is 1. The van der Waals surface area contributed by atoms with Gasteiger partial charge in [0.25, 0.3) is 0 Å². The van der Waals surface area contributed by atoms with Gasteiger partial charge in [-0.05, 0) is 55.0 Å². The van der Waals surface area contributed by atoms with E-state index >= 15 is 0 Å². The van der Waals surface area contributed by atoms with Crippen LogP contribution in [-0.4, -0.2) is 22.9 Å². The summed E-state index contributed by atoms with van der Waals surface area (Å²) in [5.74, 6) is -1.24. The molecule has 0 saturated heterocycles. The number of amidine groups is 1. The Morgan fingerprint density at radius 3 is 2.04 bits per heavy atom. The molecule has 0 bridgehead atoms. The second-order valence-corrected chi connectivity index (χ2v) is 5.08. The van der Waals surface area contributed by atoms with Gasteiger partial charge in [0.1, 0.15) is 11.6 Å². The standard InChI is InChI=1S/C18H16N2O4.ClH/c1-11(17(21)22)10-12-2-4-14(5-3-12)18(23)24-15-8-6-13(7-9-15)16(19)20;/h2-10H,1H3,(H3,19,20)(H,21,22);1H/b11-10+;. The van der Waals surface area contributed by atoms with Crippen LogP contribution in [0.5, 0.6) is 5.75 Å². The number of nitrogens with two attached hydrogens (primary N) is 1. The summed E-state index contributed by atoms with van der Waals surface area (Å²) in [7, 11) is 0. The van der Waals surface area contributed by atoms with Crippen molar-refractivity contribution >= 4 is 36.3 Å². The molecule has 0 unspecified atom stereocenters. The molecule has 2 rings (SSSR count).